The van der Waals surface area contributed by atoms with Gasteiger partial charge in [-0.25, -0.2) is 16.8 Å². The minimum atomic E-state index is -3.76. The van der Waals surface area contributed by atoms with Crippen LogP contribution in [0.1, 0.15) is 11.1 Å². The predicted octanol–water partition coefficient (Wildman–Crippen LogP) is 2.51. The Morgan fingerprint density at radius 2 is 1.36 bits per heavy atom. The Morgan fingerprint density at radius 3 is 1.91 bits per heavy atom. The molecule has 0 aliphatic carbocycles. The van der Waals surface area contributed by atoms with E-state index >= 15 is 0 Å². The lowest BCUT2D eigenvalue weighted by atomic mass is 10.2. The highest BCUT2D eigenvalue weighted by atomic mass is 32.2. The van der Waals surface area contributed by atoms with Crippen LogP contribution in [0.25, 0.3) is 0 Å². The van der Waals surface area contributed by atoms with E-state index in [1.54, 1.807) is 25.1 Å². The molecule has 5 nitrogen and oxygen atoms in total. The first kappa shape index (κ1) is 16.5. The number of aryl methyl sites for hydroxylation is 2. The fraction of sp³-hybridized carbons (Fsp3) is 0.200. The minimum absolute atomic E-state index is 0.0692. The van der Waals surface area contributed by atoms with Crippen LogP contribution in [0.4, 0.5) is 5.69 Å². The van der Waals surface area contributed by atoms with Gasteiger partial charge in [0.1, 0.15) is 0 Å². The molecule has 0 aliphatic rings. The van der Waals surface area contributed by atoms with Crippen molar-refractivity contribution < 1.29 is 16.8 Å². The molecule has 0 aliphatic heterocycles. The average Bonchev–Trinajstić information content (AvgIpc) is 2.40. The molecule has 2 aromatic rings. The third kappa shape index (κ3) is 3.66. The van der Waals surface area contributed by atoms with Gasteiger partial charge in [-0.15, -0.1) is 0 Å². The molecule has 0 unspecified atom stereocenters. The molecule has 0 atom stereocenters. The van der Waals surface area contributed by atoms with Crippen LogP contribution in [0.15, 0.2) is 52.3 Å². The molecule has 118 valence electrons. The van der Waals surface area contributed by atoms with Crippen molar-refractivity contribution in [2.24, 2.45) is 0 Å². The number of sulfone groups is 1. The summed E-state index contributed by atoms with van der Waals surface area (Å²) >= 11 is 0. The van der Waals surface area contributed by atoms with E-state index < -0.39 is 19.9 Å². The molecule has 2 aromatic carbocycles. The van der Waals surface area contributed by atoms with E-state index in [0.29, 0.717) is 5.56 Å². The van der Waals surface area contributed by atoms with Crippen LogP contribution in [0.5, 0.6) is 0 Å². The van der Waals surface area contributed by atoms with Gasteiger partial charge in [0.15, 0.2) is 9.84 Å². The molecule has 0 radical (unpaired) electrons. The third-order valence-electron chi connectivity index (χ3n) is 3.21. The quantitative estimate of drug-likeness (QED) is 0.928. The van der Waals surface area contributed by atoms with Crippen molar-refractivity contribution in [2.75, 3.05) is 11.0 Å². The summed E-state index contributed by atoms with van der Waals surface area (Å²) in [5.74, 6) is 0. The molecule has 0 saturated carbocycles. The second kappa shape index (κ2) is 5.73. The lowest BCUT2D eigenvalue weighted by Crippen LogP contribution is -2.14. The number of rotatable bonds is 4. The molecule has 22 heavy (non-hydrogen) atoms. The van der Waals surface area contributed by atoms with Gasteiger partial charge in [-0.1, -0.05) is 23.8 Å². The SMILES string of the molecule is Cc1ccc(S(=O)(=O)Nc2cc(S(C)(=O)=O)ccc2C)cc1. The Balaban J connectivity index is 2.43. The number of benzene rings is 2. The van der Waals surface area contributed by atoms with Crippen LogP contribution in [-0.2, 0) is 19.9 Å². The van der Waals surface area contributed by atoms with Crippen LogP contribution >= 0.6 is 0 Å². The molecule has 1 N–H and O–H groups in total. The third-order valence-corrected chi connectivity index (χ3v) is 5.70. The van der Waals surface area contributed by atoms with Gasteiger partial charge in [-0.3, -0.25) is 4.72 Å². The smallest absolute Gasteiger partial charge is 0.261 e. The summed E-state index contributed by atoms with van der Waals surface area (Å²) in [6, 6.07) is 10.8. The molecule has 0 spiro atoms. The predicted molar refractivity (Wildman–Crippen MR) is 86.3 cm³/mol. The first-order valence-electron chi connectivity index (χ1n) is 6.50. The van der Waals surface area contributed by atoms with Gasteiger partial charge >= 0.3 is 0 Å². The molecular weight excluding hydrogens is 322 g/mol. The van der Waals surface area contributed by atoms with E-state index in [4.69, 9.17) is 0 Å². The second-order valence-electron chi connectivity index (χ2n) is 5.17. The normalized spacial score (nSPS) is 12.1. The molecule has 0 amide bonds. The topological polar surface area (TPSA) is 80.3 Å². The van der Waals surface area contributed by atoms with E-state index in [9.17, 15) is 16.8 Å². The van der Waals surface area contributed by atoms with Crippen molar-refractivity contribution in [1.29, 1.82) is 0 Å². The zero-order chi connectivity index (χ0) is 16.5. The molecule has 0 heterocycles. The Hall–Kier alpha value is -1.86. The Kier molecular flexibility index (Phi) is 4.30. The lowest BCUT2D eigenvalue weighted by molar-refractivity contribution is 0.599. The van der Waals surface area contributed by atoms with Crippen molar-refractivity contribution in [2.45, 2.75) is 23.6 Å². The van der Waals surface area contributed by atoms with E-state index in [1.807, 2.05) is 6.92 Å². The minimum Gasteiger partial charge on any atom is -0.279 e. The van der Waals surface area contributed by atoms with Gasteiger partial charge in [0.05, 0.1) is 15.5 Å². The van der Waals surface area contributed by atoms with Crippen molar-refractivity contribution in [3.8, 4) is 0 Å². The second-order valence-corrected chi connectivity index (χ2v) is 8.87. The van der Waals surface area contributed by atoms with Gasteiger partial charge in [0.2, 0.25) is 0 Å². The first-order valence-corrected chi connectivity index (χ1v) is 9.87. The van der Waals surface area contributed by atoms with E-state index in [1.165, 1.54) is 24.3 Å². The summed E-state index contributed by atoms with van der Waals surface area (Å²) in [7, 11) is -7.16. The highest BCUT2D eigenvalue weighted by Gasteiger charge is 2.17. The zero-order valence-corrected chi connectivity index (χ0v) is 14.1. The molecular formula is C15H17NO4S2. The standard InChI is InChI=1S/C15H17NO4S2/c1-11-4-7-13(8-5-11)22(19,20)16-15-10-14(21(3,17)18)9-6-12(15)2/h4-10,16H,1-3H3. The maximum absolute atomic E-state index is 12.4. The maximum Gasteiger partial charge on any atom is 0.261 e. The highest BCUT2D eigenvalue weighted by molar-refractivity contribution is 7.92. The van der Waals surface area contributed by atoms with Gasteiger partial charge in [0, 0.05) is 6.26 Å². The molecule has 7 heteroatoms. The Bertz CT molecular complexity index is 899. The number of sulfonamides is 1. The fourth-order valence-electron chi connectivity index (χ4n) is 1.86. The van der Waals surface area contributed by atoms with Gasteiger partial charge in [-0.05, 0) is 43.7 Å². The van der Waals surface area contributed by atoms with E-state index in [-0.39, 0.29) is 15.5 Å². The zero-order valence-electron chi connectivity index (χ0n) is 12.5. The van der Waals surface area contributed by atoms with Crippen LogP contribution in [0.3, 0.4) is 0 Å². The van der Waals surface area contributed by atoms with Crippen molar-refractivity contribution in [3.05, 3.63) is 53.6 Å². The molecule has 0 saturated heterocycles. The molecule has 0 fully saturated rings. The van der Waals surface area contributed by atoms with E-state index in [0.717, 1.165) is 11.8 Å². The van der Waals surface area contributed by atoms with Gasteiger partial charge < -0.3 is 0 Å². The van der Waals surface area contributed by atoms with Gasteiger partial charge in [0.25, 0.3) is 10.0 Å². The van der Waals surface area contributed by atoms with Crippen LogP contribution < -0.4 is 4.72 Å². The fourth-order valence-corrected chi connectivity index (χ4v) is 3.63. The summed E-state index contributed by atoms with van der Waals surface area (Å²) in [4.78, 5) is 0.196. The number of hydrogen-bond donors (Lipinski definition) is 1. The Labute approximate surface area is 131 Å². The molecule has 0 aromatic heterocycles. The van der Waals surface area contributed by atoms with Crippen molar-refractivity contribution in [3.63, 3.8) is 0 Å². The summed E-state index contributed by atoms with van der Waals surface area (Å²) in [5.41, 5.74) is 1.85. The van der Waals surface area contributed by atoms with Crippen LogP contribution in [0.2, 0.25) is 0 Å². The average molecular weight is 339 g/mol. The summed E-state index contributed by atoms with van der Waals surface area (Å²) in [5, 5.41) is 0. The Morgan fingerprint density at radius 1 is 0.818 bits per heavy atom. The van der Waals surface area contributed by atoms with Crippen LogP contribution in [0, 0.1) is 13.8 Å². The maximum atomic E-state index is 12.4. The largest absolute Gasteiger partial charge is 0.279 e. The molecule has 0 bridgehead atoms. The van der Waals surface area contributed by atoms with Crippen molar-refractivity contribution >= 4 is 25.5 Å². The summed E-state index contributed by atoms with van der Waals surface area (Å²) in [6.45, 7) is 3.57. The first-order chi connectivity index (χ1) is 10.1. The summed E-state index contributed by atoms with van der Waals surface area (Å²) < 4.78 is 50.4. The van der Waals surface area contributed by atoms with E-state index in [2.05, 4.69) is 4.72 Å². The monoisotopic (exact) mass is 339 g/mol. The number of hydrogen-bond acceptors (Lipinski definition) is 4. The number of nitrogens with one attached hydrogen (secondary N) is 1. The lowest BCUT2D eigenvalue weighted by Gasteiger charge is -2.12. The van der Waals surface area contributed by atoms with Crippen LogP contribution in [-0.4, -0.2) is 23.1 Å². The van der Waals surface area contributed by atoms with Gasteiger partial charge in [-0.2, -0.15) is 0 Å². The van der Waals surface area contributed by atoms with Crippen molar-refractivity contribution in [1.82, 2.24) is 0 Å². The summed E-state index contributed by atoms with van der Waals surface area (Å²) in [6.07, 6.45) is 1.08. The highest BCUT2D eigenvalue weighted by Crippen LogP contribution is 2.23. The molecule has 2 rings (SSSR count). The number of anilines is 1.